The van der Waals surface area contributed by atoms with Gasteiger partial charge in [0, 0.05) is 24.2 Å². The van der Waals surface area contributed by atoms with Crippen molar-refractivity contribution in [2.24, 2.45) is 5.92 Å². The predicted octanol–water partition coefficient (Wildman–Crippen LogP) is 3.37. The Balaban J connectivity index is 1.69. The molecular formula is C16H16FNO3S. The number of halogens is 1. The van der Waals surface area contributed by atoms with Crippen molar-refractivity contribution >= 4 is 33.3 Å². The SMILES string of the molecule is O=C(O)CC1CCN(C(=O)c2cc3cc(F)ccc3s2)CC1. The molecule has 1 aliphatic heterocycles. The number of thiophene rings is 1. The first kappa shape index (κ1) is 15.0. The van der Waals surface area contributed by atoms with Gasteiger partial charge in [0.2, 0.25) is 0 Å². The van der Waals surface area contributed by atoms with Gasteiger partial charge in [0.15, 0.2) is 0 Å². The molecule has 0 aliphatic carbocycles. The molecule has 2 aromatic rings. The van der Waals surface area contributed by atoms with Gasteiger partial charge in [-0.1, -0.05) is 0 Å². The molecule has 0 radical (unpaired) electrons. The summed E-state index contributed by atoms with van der Waals surface area (Å²) >= 11 is 1.37. The van der Waals surface area contributed by atoms with Gasteiger partial charge in [-0.3, -0.25) is 9.59 Å². The Morgan fingerprint density at radius 3 is 2.68 bits per heavy atom. The molecule has 0 atom stereocenters. The van der Waals surface area contributed by atoms with Gasteiger partial charge in [-0.25, -0.2) is 4.39 Å². The molecule has 0 spiro atoms. The van der Waals surface area contributed by atoms with Crippen molar-refractivity contribution in [3.8, 4) is 0 Å². The number of fused-ring (bicyclic) bond motifs is 1. The van der Waals surface area contributed by atoms with Crippen molar-refractivity contribution in [2.45, 2.75) is 19.3 Å². The molecule has 0 unspecified atom stereocenters. The fourth-order valence-corrected chi connectivity index (χ4v) is 3.87. The number of amides is 1. The van der Waals surface area contributed by atoms with Gasteiger partial charge in [0.05, 0.1) is 4.88 Å². The number of rotatable bonds is 3. The maximum absolute atomic E-state index is 13.2. The van der Waals surface area contributed by atoms with Crippen molar-refractivity contribution in [1.82, 2.24) is 4.90 Å². The normalized spacial score (nSPS) is 16.1. The number of nitrogens with zero attached hydrogens (tertiary/aromatic N) is 1. The van der Waals surface area contributed by atoms with E-state index < -0.39 is 5.97 Å². The first-order valence-corrected chi connectivity index (χ1v) is 8.05. The van der Waals surface area contributed by atoms with Gasteiger partial charge in [0.25, 0.3) is 5.91 Å². The molecule has 1 amide bonds. The second-order valence-electron chi connectivity index (χ2n) is 5.63. The molecule has 22 heavy (non-hydrogen) atoms. The van der Waals surface area contributed by atoms with Gasteiger partial charge in [-0.2, -0.15) is 0 Å². The van der Waals surface area contributed by atoms with Crippen molar-refractivity contribution in [3.05, 3.63) is 35.0 Å². The second-order valence-corrected chi connectivity index (χ2v) is 6.71. The van der Waals surface area contributed by atoms with Gasteiger partial charge in [-0.05, 0) is 48.4 Å². The molecule has 1 fully saturated rings. The maximum Gasteiger partial charge on any atom is 0.303 e. The van der Waals surface area contributed by atoms with E-state index in [1.54, 1.807) is 17.0 Å². The van der Waals surface area contributed by atoms with Crippen molar-refractivity contribution in [1.29, 1.82) is 0 Å². The maximum atomic E-state index is 13.2. The molecule has 1 saturated heterocycles. The molecule has 0 bridgehead atoms. The summed E-state index contributed by atoms with van der Waals surface area (Å²) < 4.78 is 14.1. The van der Waals surface area contributed by atoms with E-state index in [1.165, 1.54) is 23.5 Å². The Bertz CT molecular complexity index is 719. The summed E-state index contributed by atoms with van der Waals surface area (Å²) in [4.78, 5) is 25.6. The number of piperidine rings is 1. The summed E-state index contributed by atoms with van der Waals surface area (Å²) in [6, 6.07) is 6.24. The van der Waals surface area contributed by atoms with Crippen LogP contribution in [0.15, 0.2) is 24.3 Å². The van der Waals surface area contributed by atoms with E-state index in [2.05, 4.69) is 0 Å². The third-order valence-electron chi connectivity index (χ3n) is 4.05. The standard InChI is InChI=1S/C16H16FNO3S/c17-12-1-2-13-11(8-12)9-14(22-13)16(21)18-5-3-10(4-6-18)7-15(19)20/h1-2,8-10H,3-7H2,(H,19,20). The zero-order valence-electron chi connectivity index (χ0n) is 11.9. The number of hydrogen-bond donors (Lipinski definition) is 1. The third kappa shape index (κ3) is 3.11. The quantitative estimate of drug-likeness (QED) is 0.943. The smallest absolute Gasteiger partial charge is 0.303 e. The summed E-state index contributed by atoms with van der Waals surface area (Å²) in [6.45, 7) is 1.17. The number of carboxylic acids is 1. The fourth-order valence-electron chi connectivity index (χ4n) is 2.86. The van der Waals surface area contributed by atoms with Crippen LogP contribution in [0.4, 0.5) is 4.39 Å². The minimum Gasteiger partial charge on any atom is -0.481 e. The van der Waals surface area contributed by atoms with Crippen LogP contribution in [0, 0.1) is 11.7 Å². The number of benzene rings is 1. The van der Waals surface area contributed by atoms with Crippen LogP contribution in [0.3, 0.4) is 0 Å². The monoisotopic (exact) mass is 321 g/mol. The summed E-state index contributed by atoms with van der Waals surface area (Å²) in [7, 11) is 0. The van der Waals surface area contributed by atoms with E-state index in [9.17, 15) is 14.0 Å². The Morgan fingerprint density at radius 1 is 1.27 bits per heavy atom. The van der Waals surface area contributed by atoms with Gasteiger partial charge in [-0.15, -0.1) is 11.3 Å². The molecule has 1 aromatic carbocycles. The van der Waals surface area contributed by atoms with Gasteiger partial charge < -0.3 is 10.0 Å². The first-order valence-electron chi connectivity index (χ1n) is 7.23. The average Bonchev–Trinajstić information content (AvgIpc) is 2.89. The van der Waals surface area contributed by atoms with E-state index >= 15 is 0 Å². The number of carboxylic acid groups (broad SMARTS) is 1. The minimum absolute atomic E-state index is 0.0459. The van der Waals surface area contributed by atoms with E-state index in [4.69, 9.17) is 5.11 Å². The molecule has 3 rings (SSSR count). The van der Waals surface area contributed by atoms with Crippen LogP contribution in [0.5, 0.6) is 0 Å². The average molecular weight is 321 g/mol. The number of carbonyl (C=O) groups excluding carboxylic acids is 1. The Hall–Kier alpha value is -1.95. The predicted molar refractivity (Wildman–Crippen MR) is 82.7 cm³/mol. The number of likely N-dealkylation sites (tertiary alicyclic amines) is 1. The lowest BCUT2D eigenvalue weighted by Gasteiger charge is -2.31. The van der Waals surface area contributed by atoms with Gasteiger partial charge >= 0.3 is 5.97 Å². The van der Waals surface area contributed by atoms with E-state index in [1.807, 2.05) is 0 Å². The number of hydrogen-bond acceptors (Lipinski definition) is 3. The zero-order valence-corrected chi connectivity index (χ0v) is 12.7. The lowest BCUT2D eigenvalue weighted by Crippen LogP contribution is -2.38. The molecule has 1 aliphatic rings. The van der Waals surface area contributed by atoms with Crippen LogP contribution in [0.1, 0.15) is 28.9 Å². The molecule has 2 heterocycles. The van der Waals surface area contributed by atoms with Crippen molar-refractivity contribution in [3.63, 3.8) is 0 Å². The molecule has 6 heteroatoms. The lowest BCUT2D eigenvalue weighted by atomic mass is 9.93. The fraction of sp³-hybridized carbons (Fsp3) is 0.375. The highest BCUT2D eigenvalue weighted by Crippen LogP contribution is 2.29. The highest BCUT2D eigenvalue weighted by molar-refractivity contribution is 7.20. The molecule has 116 valence electrons. The highest BCUT2D eigenvalue weighted by atomic mass is 32.1. The summed E-state index contributed by atoms with van der Waals surface area (Å²) in [6.07, 6.45) is 1.61. The third-order valence-corrected chi connectivity index (χ3v) is 5.16. The Morgan fingerprint density at radius 2 is 2.00 bits per heavy atom. The topological polar surface area (TPSA) is 57.6 Å². The molecule has 4 nitrogen and oxygen atoms in total. The zero-order chi connectivity index (χ0) is 15.7. The van der Waals surface area contributed by atoms with E-state index in [0.717, 1.165) is 22.9 Å². The van der Waals surface area contributed by atoms with Crippen LogP contribution in [0.25, 0.3) is 10.1 Å². The second kappa shape index (κ2) is 6.04. The first-order chi connectivity index (χ1) is 10.5. The van der Waals surface area contributed by atoms with Crippen LogP contribution in [0.2, 0.25) is 0 Å². The molecule has 1 N–H and O–H groups in total. The van der Waals surface area contributed by atoms with Crippen LogP contribution < -0.4 is 0 Å². The summed E-state index contributed by atoms with van der Waals surface area (Å²) in [5.74, 6) is -0.983. The van der Waals surface area contributed by atoms with E-state index in [0.29, 0.717) is 18.0 Å². The number of aliphatic carboxylic acids is 1. The molecular weight excluding hydrogens is 305 g/mol. The van der Waals surface area contributed by atoms with Crippen LogP contribution >= 0.6 is 11.3 Å². The Labute approximate surface area is 131 Å². The summed E-state index contributed by atoms with van der Waals surface area (Å²) in [5, 5.41) is 9.56. The lowest BCUT2D eigenvalue weighted by molar-refractivity contribution is -0.138. The number of carbonyl (C=O) groups is 2. The van der Waals surface area contributed by atoms with Crippen LogP contribution in [-0.4, -0.2) is 35.0 Å². The van der Waals surface area contributed by atoms with Crippen LogP contribution in [-0.2, 0) is 4.79 Å². The minimum atomic E-state index is -0.781. The summed E-state index contributed by atoms with van der Waals surface area (Å²) in [5.41, 5.74) is 0. The van der Waals surface area contributed by atoms with E-state index in [-0.39, 0.29) is 24.1 Å². The molecule has 1 aromatic heterocycles. The molecule has 0 saturated carbocycles. The highest BCUT2D eigenvalue weighted by Gasteiger charge is 2.25. The van der Waals surface area contributed by atoms with Gasteiger partial charge in [0.1, 0.15) is 5.82 Å². The Kier molecular flexibility index (Phi) is 4.11. The van der Waals surface area contributed by atoms with Crippen molar-refractivity contribution < 1.29 is 19.1 Å². The largest absolute Gasteiger partial charge is 0.481 e. The van der Waals surface area contributed by atoms with Crippen molar-refractivity contribution in [2.75, 3.05) is 13.1 Å².